The van der Waals surface area contributed by atoms with Gasteiger partial charge in [0.25, 0.3) is 0 Å². The molecule has 1 heterocycles. The Kier molecular flexibility index (Phi) is 2.18. The van der Waals surface area contributed by atoms with E-state index in [0.717, 1.165) is 4.47 Å². The fraction of sp³-hybridized carbons (Fsp3) is 0.250. The molecule has 0 bridgehead atoms. The average Bonchev–Trinajstić information content (AvgIpc) is 2.58. The van der Waals surface area contributed by atoms with E-state index in [4.69, 9.17) is 4.74 Å². The van der Waals surface area contributed by atoms with Gasteiger partial charge in [0.1, 0.15) is 5.52 Å². The third-order valence-corrected chi connectivity index (χ3v) is 2.25. The zero-order chi connectivity index (χ0) is 9.26. The number of nitrogens with zero attached hydrogens (tertiary/aromatic N) is 2. The zero-order valence-corrected chi connectivity index (χ0v) is 8.54. The molecule has 1 aromatic heterocycles. The predicted molar refractivity (Wildman–Crippen MR) is 50.7 cm³/mol. The van der Waals surface area contributed by atoms with Crippen molar-refractivity contribution in [2.24, 2.45) is 0 Å². The van der Waals surface area contributed by atoms with Crippen LogP contribution in [-0.4, -0.2) is 16.9 Å². The summed E-state index contributed by atoms with van der Waals surface area (Å²) in [6.07, 6.45) is 0. The van der Waals surface area contributed by atoms with Gasteiger partial charge in [-0.1, -0.05) is 0 Å². The summed E-state index contributed by atoms with van der Waals surface area (Å²) >= 11 is 3.37. The lowest BCUT2D eigenvalue weighted by Crippen LogP contribution is -1.93. The van der Waals surface area contributed by atoms with Crippen LogP contribution < -0.4 is 4.74 Å². The van der Waals surface area contributed by atoms with E-state index < -0.39 is 0 Å². The van der Waals surface area contributed by atoms with Crippen molar-refractivity contribution < 1.29 is 9.37 Å². The fourth-order valence-electron chi connectivity index (χ4n) is 1.08. The molecule has 0 aliphatic heterocycles. The van der Waals surface area contributed by atoms with Gasteiger partial charge in [0.05, 0.1) is 11.1 Å². The second-order valence-corrected chi connectivity index (χ2v) is 3.30. The molecule has 4 nitrogen and oxygen atoms in total. The summed E-state index contributed by atoms with van der Waals surface area (Å²) in [5.41, 5.74) is 1.35. The zero-order valence-electron chi connectivity index (χ0n) is 6.95. The molecule has 0 unspecified atom stereocenters. The molecule has 0 radical (unpaired) electrons. The predicted octanol–water partition coefficient (Wildman–Crippen LogP) is 2.38. The van der Waals surface area contributed by atoms with Crippen molar-refractivity contribution in [3.8, 4) is 5.75 Å². The van der Waals surface area contributed by atoms with E-state index in [0.29, 0.717) is 23.4 Å². The summed E-state index contributed by atoms with van der Waals surface area (Å²) in [6.45, 7) is 2.50. The molecule has 0 saturated carbocycles. The van der Waals surface area contributed by atoms with E-state index in [1.165, 1.54) is 0 Å². The van der Waals surface area contributed by atoms with Crippen LogP contribution in [0.2, 0.25) is 0 Å². The van der Waals surface area contributed by atoms with E-state index in [2.05, 4.69) is 30.9 Å². The van der Waals surface area contributed by atoms with Crippen LogP contribution in [0, 0.1) is 0 Å². The van der Waals surface area contributed by atoms with E-state index in [-0.39, 0.29) is 0 Å². The lowest BCUT2D eigenvalue weighted by Gasteiger charge is -2.03. The highest BCUT2D eigenvalue weighted by molar-refractivity contribution is 9.10. The molecule has 0 saturated heterocycles. The second-order valence-electron chi connectivity index (χ2n) is 2.44. The van der Waals surface area contributed by atoms with Gasteiger partial charge in [-0.3, -0.25) is 0 Å². The maximum Gasteiger partial charge on any atom is 0.178 e. The van der Waals surface area contributed by atoms with E-state index in [1.807, 2.05) is 19.1 Å². The van der Waals surface area contributed by atoms with Gasteiger partial charge in [-0.15, -0.1) is 0 Å². The highest BCUT2D eigenvalue weighted by Gasteiger charge is 2.10. The molecular formula is C8H7BrN2O2. The Hall–Kier alpha value is -1.10. The van der Waals surface area contributed by atoms with Crippen molar-refractivity contribution in [2.75, 3.05) is 6.61 Å². The Bertz CT molecular complexity index is 427. The number of rotatable bonds is 2. The van der Waals surface area contributed by atoms with Crippen molar-refractivity contribution in [3.05, 3.63) is 16.6 Å². The monoisotopic (exact) mass is 242 g/mol. The maximum absolute atomic E-state index is 5.40. The second kappa shape index (κ2) is 3.33. The van der Waals surface area contributed by atoms with Crippen LogP contribution in [0.3, 0.4) is 0 Å². The van der Waals surface area contributed by atoms with Gasteiger partial charge in [-0.25, -0.2) is 4.63 Å². The minimum atomic E-state index is 0.588. The molecule has 0 spiro atoms. The fourth-order valence-corrected chi connectivity index (χ4v) is 1.52. The van der Waals surface area contributed by atoms with Gasteiger partial charge < -0.3 is 4.74 Å². The van der Waals surface area contributed by atoms with Gasteiger partial charge in [-0.05, 0) is 45.3 Å². The van der Waals surface area contributed by atoms with E-state index in [9.17, 15) is 0 Å². The molecule has 2 aromatic rings. The number of hydrogen-bond acceptors (Lipinski definition) is 4. The molecule has 0 atom stereocenters. The molecular weight excluding hydrogens is 236 g/mol. The first-order chi connectivity index (χ1) is 6.33. The number of hydrogen-bond donors (Lipinski definition) is 0. The van der Waals surface area contributed by atoms with Crippen LogP contribution in [0.15, 0.2) is 21.2 Å². The first-order valence-electron chi connectivity index (χ1n) is 3.86. The van der Waals surface area contributed by atoms with E-state index >= 15 is 0 Å². The number of halogens is 1. The summed E-state index contributed by atoms with van der Waals surface area (Å²) in [5.74, 6) is 0.682. The third kappa shape index (κ3) is 1.39. The largest absolute Gasteiger partial charge is 0.490 e. The summed E-state index contributed by atoms with van der Waals surface area (Å²) in [4.78, 5) is 0. The van der Waals surface area contributed by atoms with Crippen molar-refractivity contribution >= 4 is 27.0 Å². The highest BCUT2D eigenvalue weighted by atomic mass is 79.9. The molecule has 5 heteroatoms. The molecule has 2 rings (SSSR count). The van der Waals surface area contributed by atoms with Crippen LogP contribution >= 0.6 is 15.9 Å². The lowest BCUT2D eigenvalue weighted by molar-refractivity contribution is 0.310. The van der Waals surface area contributed by atoms with Crippen molar-refractivity contribution in [3.63, 3.8) is 0 Å². The topological polar surface area (TPSA) is 48.2 Å². The molecule has 0 amide bonds. The van der Waals surface area contributed by atoms with Crippen molar-refractivity contribution in [1.29, 1.82) is 0 Å². The summed E-state index contributed by atoms with van der Waals surface area (Å²) in [6, 6.07) is 3.68. The minimum Gasteiger partial charge on any atom is -0.490 e. The maximum atomic E-state index is 5.40. The van der Waals surface area contributed by atoms with Crippen LogP contribution in [0.1, 0.15) is 6.92 Å². The van der Waals surface area contributed by atoms with Crippen LogP contribution in [-0.2, 0) is 0 Å². The third-order valence-electron chi connectivity index (χ3n) is 1.62. The summed E-state index contributed by atoms with van der Waals surface area (Å²) in [5, 5.41) is 7.47. The lowest BCUT2D eigenvalue weighted by atomic mass is 10.3. The minimum absolute atomic E-state index is 0.588. The summed E-state index contributed by atoms with van der Waals surface area (Å²) < 4.78 is 10.9. The quantitative estimate of drug-likeness (QED) is 0.812. The Labute approximate surface area is 83.0 Å². The molecule has 0 aliphatic rings. The standard InChI is InChI=1S/C8H7BrN2O2/c1-2-12-8-5(9)3-4-6-7(8)11-13-10-6/h3-4H,2H2,1H3. The summed E-state index contributed by atoms with van der Waals surface area (Å²) in [7, 11) is 0. The average molecular weight is 243 g/mol. The Morgan fingerprint density at radius 3 is 3.08 bits per heavy atom. The Balaban J connectivity index is 2.66. The molecule has 0 N–H and O–H groups in total. The van der Waals surface area contributed by atoms with Gasteiger partial charge >= 0.3 is 0 Å². The Morgan fingerprint density at radius 2 is 2.31 bits per heavy atom. The van der Waals surface area contributed by atoms with Gasteiger partial charge in [0, 0.05) is 0 Å². The number of ether oxygens (including phenoxy) is 1. The van der Waals surface area contributed by atoms with Gasteiger partial charge in [0.15, 0.2) is 11.3 Å². The Morgan fingerprint density at radius 1 is 1.46 bits per heavy atom. The SMILES string of the molecule is CCOc1c(Br)ccc2nonc12. The molecule has 0 fully saturated rings. The van der Waals surface area contributed by atoms with Crippen molar-refractivity contribution in [1.82, 2.24) is 10.3 Å². The van der Waals surface area contributed by atoms with Gasteiger partial charge in [-0.2, -0.15) is 0 Å². The molecule has 68 valence electrons. The first kappa shape index (κ1) is 8.50. The van der Waals surface area contributed by atoms with Gasteiger partial charge in [0.2, 0.25) is 0 Å². The van der Waals surface area contributed by atoms with E-state index in [1.54, 1.807) is 0 Å². The normalized spacial score (nSPS) is 10.6. The van der Waals surface area contributed by atoms with Crippen LogP contribution in [0.5, 0.6) is 5.75 Å². The number of benzene rings is 1. The number of fused-ring (bicyclic) bond motifs is 1. The first-order valence-corrected chi connectivity index (χ1v) is 4.65. The van der Waals surface area contributed by atoms with Crippen LogP contribution in [0.4, 0.5) is 0 Å². The van der Waals surface area contributed by atoms with Crippen LogP contribution in [0.25, 0.3) is 11.0 Å². The molecule has 1 aromatic carbocycles. The molecule has 0 aliphatic carbocycles. The number of aromatic nitrogens is 2. The smallest absolute Gasteiger partial charge is 0.178 e. The van der Waals surface area contributed by atoms with Crippen molar-refractivity contribution in [2.45, 2.75) is 6.92 Å². The molecule has 13 heavy (non-hydrogen) atoms. The highest BCUT2D eigenvalue weighted by Crippen LogP contribution is 2.31.